The normalized spacial score (nSPS) is 16.8. The molecule has 4 nitrogen and oxygen atoms in total. The molecule has 1 heterocycles. The van der Waals surface area contributed by atoms with E-state index >= 15 is 0 Å². The predicted octanol–water partition coefficient (Wildman–Crippen LogP) is 3.07. The fraction of sp³-hybridized carbons (Fsp3) is 0.647. The van der Waals surface area contributed by atoms with Crippen molar-refractivity contribution in [3.8, 4) is 0 Å². The van der Waals surface area contributed by atoms with E-state index in [1.807, 2.05) is 0 Å². The van der Waals surface area contributed by atoms with Crippen molar-refractivity contribution in [1.82, 2.24) is 0 Å². The van der Waals surface area contributed by atoms with Gasteiger partial charge in [0.05, 0.1) is 4.75 Å². The highest BCUT2D eigenvalue weighted by atomic mass is 32.2. The van der Waals surface area contributed by atoms with E-state index in [-0.39, 0.29) is 0 Å². The first-order chi connectivity index (χ1) is 10.3. The van der Waals surface area contributed by atoms with Gasteiger partial charge in [0.1, 0.15) is 0 Å². The van der Waals surface area contributed by atoms with Gasteiger partial charge in [0.15, 0.2) is 0 Å². The first-order valence-corrected chi connectivity index (χ1v) is 9.70. The quantitative estimate of drug-likeness (QED) is 0.874. The Balaban J connectivity index is 1.86. The van der Waals surface area contributed by atoms with E-state index in [9.17, 15) is 8.42 Å². The van der Waals surface area contributed by atoms with Crippen LogP contribution in [0.1, 0.15) is 51.5 Å². The van der Waals surface area contributed by atoms with E-state index in [4.69, 9.17) is 5.14 Å². The van der Waals surface area contributed by atoms with Gasteiger partial charge >= 0.3 is 0 Å². The maximum atomic E-state index is 11.5. The fourth-order valence-electron chi connectivity index (χ4n) is 2.89. The van der Waals surface area contributed by atoms with E-state index in [0.29, 0.717) is 6.42 Å². The van der Waals surface area contributed by atoms with Gasteiger partial charge in [-0.25, -0.2) is 13.6 Å². The molecule has 5 heteroatoms. The molecule has 0 unspecified atom stereocenters. The number of nitrogens with zero attached hydrogens (tertiary/aromatic N) is 1. The minimum absolute atomic E-state index is 0.583. The van der Waals surface area contributed by atoms with E-state index in [1.165, 1.54) is 30.5 Å². The second kappa shape index (κ2) is 7.01. The lowest BCUT2D eigenvalue weighted by Crippen LogP contribution is -2.37. The average molecular weight is 324 g/mol. The van der Waals surface area contributed by atoms with Crippen LogP contribution in [0.4, 0.5) is 5.69 Å². The molecule has 0 amide bonds. The van der Waals surface area contributed by atoms with Crippen molar-refractivity contribution >= 4 is 15.7 Å². The zero-order chi connectivity index (χ0) is 16.2. The Morgan fingerprint density at radius 2 is 1.68 bits per heavy atom. The zero-order valence-electron chi connectivity index (χ0n) is 13.7. The van der Waals surface area contributed by atoms with Crippen molar-refractivity contribution in [3.63, 3.8) is 0 Å². The molecule has 1 aliphatic rings. The standard InChI is InChI=1S/C17H28N2O2S/c1-17(2,22(18,20)21)12-6-7-15-8-10-16(11-9-15)19-13-4-3-5-14-19/h8-11H,3-7,12-14H2,1-2H3,(H2,18,20,21). The molecular weight excluding hydrogens is 296 g/mol. The van der Waals surface area contributed by atoms with Crippen molar-refractivity contribution in [3.05, 3.63) is 29.8 Å². The van der Waals surface area contributed by atoms with Crippen molar-refractivity contribution in [2.24, 2.45) is 5.14 Å². The Kier molecular flexibility index (Phi) is 5.50. The summed E-state index contributed by atoms with van der Waals surface area (Å²) < 4.78 is 22.1. The molecule has 2 N–H and O–H groups in total. The molecule has 0 aliphatic carbocycles. The van der Waals surface area contributed by atoms with Gasteiger partial charge in [-0.3, -0.25) is 0 Å². The minimum Gasteiger partial charge on any atom is -0.372 e. The number of hydrogen-bond acceptors (Lipinski definition) is 3. The molecule has 0 atom stereocenters. The van der Waals surface area contributed by atoms with E-state index in [0.717, 1.165) is 25.9 Å². The highest BCUT2D eigenvalue weighted by molar-refractivity contribution is 7.90. The maximum Gasteiger partial charge on any atom is 0.214 e. The first kappa shape index (κ1) is 17.3. The lowest BCUT2D eigenvalue weighted by atomic mass is 10.0. The number of primary sulfonamides is 1. The van der Waals surface area contributed by atoms with Crippen LogP contribution in [0.5, 0.6) is 0 Å². The molecule has 0 saturated carbocycles. The number of aryl methyl sites for hydroxylation is 1. The van der Waals surface area contributed by atoms with Crippen LogP contribution in [-0.2, 0) is 16.4 Å². The van der Waals surface area contributed by atoms with Gasteiger partial charge in [0.2, 0.25) is 10.0 Å². The van der Waals surface area contributed by atoms with Gasteiger partial charge in [0.25, 0.3) is 0 Å². The molecule has 22 heavy (non-hydrogen) atoms. The molecule has 1 saturated heterocycles. The number of anilines is 1. The van der Waals surface area contributed by atoms with Crippen molar-refractivity contribution in [2.75, 3.05) is 18.0 Å². The third-order valence-electron chi connectivity index (χ3n) is 4.67. The highest BCUT2D eigenvalue weighted by Gasteiger charge is 2.30. The van der Waals surface area contributed by atoms with Crippen LogP contribution in [0.15, 0.2) is 24.3 Å². The summed E-state index contributed by atoms with van der Waals surface area (Å²) >= 11 is 0. The topological polar surface area (TPSA) is 63.4 Å². The Morgan fingerprint density at radius 3 is 2.23 bits per heavy atom. The van der Waals surface area contributed by atoms with E-state index in [1.54, 1.807) is 13.8 Å². The number of hydrogen-bond donors (Lipinski definition) is 1. The second-order valence-electron chi connectivity index (χ2n) is 6.87. The molecule has 1 aliphatic heterocycles. The Bertz CT molecular complexity index is 573. The Hall–Kier alpha value is -1.07. The molecule has 0 spiro atoms. The predicted molar refractivity (Wildman–Crippen MR) is 92.6 cm³/mol. The van der Waals surface area contributed by atoms with Gasteiger partial charge in [-0.2, -0.15) is 0 Å². The largest absolute Gasteiger partial charge is 0.372 e. The summed E-state index contributed by atoms with van der Waals surface area (Å²) in [4.78, 5) is 2.44. The molecule has 1 fully saturated rings. The van der Waals surface area contributed by atoms with Crippen LogP contribution >= 0.6 is 0 Å². The van der Waals surface area contributed by atoms with Crippen LogP contribution in [-0.4, -0.2) is 26.3 Å². The first-order valence-electron chi connectivity index (χ1n) is 8.16. The van der Waals surface area contributed by atoms with Crippen LogP contribution in [0, 0.1) is 0 Å². The smallest absolute Gasteiger partial charge is 0.214 e. The van der Waals surface area contributed by atoms with Crippen LogP contribution in [0.3, 0.4) is 0 Å². The molecule has 0 aromatic heterocycles. The summed E-state index contributed by atoms with van der Waals surface area (Å²) in [6.07, 6.45) is 6.20. The number of rotatable bonds is 6. The summed E-state index contributed by atoms with van der Waals surface area (Å²) in [7, 11) is -3.48. The summed E-state index contributed by atoms with van der Waals surface area (Å²) in [6.45, 7) is 5.70. The summed E-state index contributed by atoms with van der Waals surface area (Å²) in [5.41, 5.74) is 2.55. The van der Waals surface area contributed by atoms with Gasteiger partial charge in [-0.1, -0.05) is 12.1 Å². The van der Waals surface area contributed by atoms with Crippen LogP contribution < -0.4 is 10.0 Å². The summed E-state index contributed by atoms with van der Waals surface area (Å²) in [5.74, 6) is 0. The third kappa shape index (κ3) is 4.46. The number of nitrogens with two attached hydrogens (primary N) is 1. The number of sulfonamides is 1. The molecule has 0 radical (unpaired) electrons. The lowest BCUT2D eigenvalue weighted by molar-refractivity contribution is 0.516. The van der Waals surface area contributed by atoms with E-state index in [2.05, 4.69) is 29.2 Å². The Labute approximate surface area is 134 Å². The number of piperidine rings is 1. The SMILES string of the molecule is CC(C)(CCCc1ccc(N2CCCCC2)cc1)S(N)(=O)=O. The van der Waals surface area contributed by atoms with Gasteiger partial charge in [-0.15, -0.1) is 0 Å². The summed E-state index contributed by atoms with van der Waals surface area (Å²) in [5, 5.41) is 5.26. The van der Waals surface area contributed by atoms with Gasteiger partial charge in [0, 0.05) is 18.8 Å². The summed E-state index contributed by atoms with van der Waals surface area (Å²) in [6, 6.07) is 8.69. The van der Waals surface area contributed by atoms with Crippen LogP contribution in [0.2, 0.25) is 0 Å². The van der Waals surface area contributed by atoms with Gasteiger partial charge < -0.3 is 4.90 Å². The molecule has 2 rings (SSSR count). The monoisotopic (exact) mass is 324 g/mol. The zero-order valence-corrected chi connectivity index (χ0v) is 14.5. The highest BCUT2D eigenvalue weighted by Crippen LogP contribution is 2.23. The molecule has 124 valence electrons. The molecular formula is C17H28N2O2S. The minimum atomic E-state index is -3.48. The van der Waals surface area contributed by atoms with Crippen LogP contribution in [0.25, 0.3) is 0 Å². The molecule has 1 aromatic carbocycles. The fourth-order valence-corrected chi connectivity index (χ4v) is 3.31. The Morgan fingerprint density at radius 1 is 1.09 bits per heavy atom. The maximum absolute atomic E-state index is 11.5. The average Bonchev–Trinajstić information content (AvgIpc) is 2.47. The van der Waals surface area contributed by atoms with Crippen molar-refractivity contribution in [1.29, 1.82) is 0 Å². The van der Waals surface area contributed by atoms with Gasteiger partial charge in [-0.05, 0) is 70.1 Å². The lowest BCUT2D eigenvalue weighted by Gasteiger charge is -2.29. The molecule has 0 bridgehead atoms. The van der Waals surface area contributed by atoms with Crippen molar-refractivity contribution in [2.45, 2.75) is 57.1 Å². The third-order valence-corrected chi connectivity index (χ3v) is 6.42. The number of benzene rings is 1. The molecule has 1 aromatic rings. The second-order valence-corrected chi connectivity index (χ2v) is 9.07. The van der Waals surface area contributed by atoms with Crippen molar-refractivity contribution < 1.29 is 8.42 Å². The van der Waals surface area contributed by atoms with E-state index < -0.39 is 14.8 Å².